The summed E-state index contributed by atoms with van der Waals surface area (Å²) in [6, 6.07) is 0.0235. The Morgan fingerprint density at radius 3 is 2.47 bits per heavy atom. The summed E-state index contributed by atoms with van der Waals surface area (Å²) in [6.45, 7) is 5.46. The molecule has 2 unspecified atom stereocenters. The van der Waals surface area contributed by atoms with Gasteiger partial charge < -0.3 is 10.1 Å². The topological polar surface area (TPSA) is 72.5 Å². The first-order valence-corrected chi connectivity index (χ1v) is 8.78. The van der Waals surface area contributed by atoms with Crippen molar-refractivity contribution < 1.29 is 17.9 Å². The number of carbonyl (C=O) groups is 1. The van der Waals surface area contributed by atoms with Crippen LogP contribution in [0.1, 0.15) is 46.5 Å². The van der Waals surface area contributed by atoms with Crippen molar-refractivity contribution >= 4 is 15.9 Å². The van der Waals surface area contributed by atoms with Crippen LogP contribution in [0.15, 0.2) is 0 Å². The van der Waals surface area contributed by atoms with E-state index in [0.29, 0.717) is 6.42 Å². The zero-order chi connectivity index (χ0) is 14.7. The lowest BCUT2D eigenvalue weighted by Crippen LogP contribution is -2.42. The minimum atomic E-state index is -2.95. The summed E-state index contributed by atoms with van der Waals surface area (Å²) in [7, 11) is -2.95. The van der Waals surface area contributed by atoms with Gasteiger partial charge in [0.05, 0.1) is 5.75 Å². The van der Waals surface area contributed by atoms with Gasteiger partial charge in [-0.2, -0.15) is 0 Å². The van der Waals surface area contributed by atoms with Crippen LogP contribution in [0.3, 0.4) is 0 Å². The monoisotopic (exact) mass is 291 g/mol. The standard InChI is InChI=1S/C13H25NO4S/c1-13(2,3)18-12(15)14-11-7-5-6-10(8-11)9-19(4,16)17/h10-11H,5-9H2,1-4H3,(H,14,15). The van der Waals surface area contributed by atoms with Gasteiger partial charge >= 0.3 is 6.09 Å². The van der Waals surface area contributed by atoms with Crippen LogP contribution in [0.2, 0.25) is 0 Å². The maximum Gasteiger partial charge on any atom is 0.407 e. The fraction of sp³-hybridized carbons (Fsp3) is 0.923. The van der Waals surface area contributed by atoms with E-state index in [0.717, 1.165) is 19.3 Å². The van der Waals surface area contributed by atoms with Gasteiger partial charge in [-0.15, -0.1) is 0 Å². The first-order chi connectivity index (χ1) is 8.55. The fourth-order valence-electron chi connectivity index (χ4n) is 2.48. The van der Waals surface area contributed by atoms with Crippen LogP contribution in [0, 0.1) is 5.92 Å². The van der Waals surface area contributed by atoms with E-state index < -0.39 is 21.5 Å². The predicted octanol–water partition coefficient (Wildman–Crippen LogP) is 2.11. The van der Waals surface area contributed by atoms with Crippen molar-refractivity contribution in [3.05, 3.63) is 0 Å². The third kappa shape index (κ3) is 7.40. The summed E-state index contributed by atoms with van der Waals surface area (Å²) in [5.41, 5.74) is -0.509. The largest absolute Gasteiger partial charge is 0.444 e. The zero-order valence-corrected chi connectivity index (χ0v) is 13.0. The van der Waals surface area contributed by atoms with Crippen molar-refractivity contribution in [2.24, 2.45) is 5.92 Å². The highest BCUT2D eigenvalue weighted by atomic mass is 32.2. The first-order valence-electron chi connectivity index (χ1n) is 6.72. The molecule has 1 saturated carbocycles. The average Bonchev–Trinajstić information content (AvgIpc) is 2.11. The molecule has 2 atom stereocenters. The molecule has 0 aliphatic heterocycles. The van der Waals surface area contributed by atoms with Crippen molar-refractivity contribution in [3.63, 3.8) is 0 Å². The molecule has 0 spiro atoms. The Hall–Kier alpha value is -0.780. The van der Waals surface area contributed by atoms with E-state index in [1.165, 1.54) is 6.26 Å². The lowest BCUT2D eigenvalue weighted by molar-refractivity contribution is 0.0487. The highest BCUT2D eigenvalue weighted by Gasteiger charge is 2.27. The molecule has 0 aromatic rings. The molecule has 1 amide bonds. The fourth-order valence-corrected chi connectivity index (χ4v) is 3.63. The van der Waals surface area contributed by atoms with Crippen LogP contribution in [-0.4, -0.2) is 38.2 Å². The number of amides is 1. The number of carbonyl (C=O) groups excluding carboxylic acids is 1. The molecule has 112 valence electrons. The average molecular weight is 291 g/mol. The number of ether oxygens (including phenoxy) is 1. The second-order valence-corrected chi connectivity index (χ2v) is 8.65. The van der Waals surface area contributed by atoms with Gasteiger partial charge in [-0.1, -0.05) is 6.42 Å². The van der Waals surface area contributed by atoms with Gasteiger partial charge in [0.2, 0.25) is 0 Å². The summed E-state index contributed by atoms with van der Waals surface area (Å²) in [5.74, 6) is 0.350. The molecule has 6 heteroatoms. The molecule has 5 nitrogen and oxygen atoms in total. The molecule has 0 bridgehead atoms. The van der Waals surface area contributed by atoms with Crippen LogP contribution < -0.4 is 5.32 Å². The number of nitrogens with one attached hydrogen (secondary N) is 1. The molecule has 0 aromatic heterocycles. The molecule has 0 saturated heterocycles. The van der Waals surface area contributed by atoms with Crippen molar-refractivity contribution in [1.82, 2.24) is 5.32 Å². The lowest BCUT2D eigenvalue weighted by Gasteiger charge is -2.30. The van der Waals surface area contributed by atoms with Crippen LogP contribution >= 0.6 is 0 Å². The Morgan fingerprint density at radius 2 is 1.95 bits per heavy atom. The van der Waals surface area contributed by atoms with Crippen LogP contribution in [-0.2, 0) is 14.6 Å². The Bertz CT molecular complexity index is 411. The molecule has 1 rings (SSSR count). The smallest absolute Gasteiger partial charge is 0.407 e. The number of sulfone groups is 1. The summed E-state index contributed by atoms with van der Waals surface area (Å²) in [6.07, 6.45) is 4.31. The third-order valence-corrected chi connectivity index (χ3v) is 4.12. The van der Waals surface area contributed by atoms with Gasteiger partial charge in [-0.05, 0) is 46.0 Å². The van der Waals surface area contributed by atoms with E-state index in [-0.39, 0.29) is 17.7 Å². The van der Waals surface area contributed by atoms with Gasteiger partial charge in [0.1, 0.15) is 15.4 Å². The van der Waals surface area contributed by atoms with Crippen molar-refractivity contribution in [3.8, 4) is 0 Å². The molecule has 1 fully saturated rings. The van der Waals surface area contributed by atoms with Gasteiger partial charge in [-0.3, -0.25) is 0 Å². The highest BCUT2D eigenvalue weighted by molar-refractivity contribution is 7.90. The summed E-state index contributed by atoms with van der Waals surface area (Å²) in [4.78, 5) is 11.7. The molecular formula is C13H25NO4S. The number of alkyl carbamates (subject to hydrolysis) is 1. The molecule has 1 N–H and O–H groups in total. The normalized spacial score (nSPS) is 24.8. The number of rotatable bonds is 3. The van der Waals surface area contributed by atoms with E-state index in [1.54, 1.807) is 0 Å². The van der Waals surface area contributed by atoms with Crippen LogP contribution in [0.25, 0.3) is 0 Å². The summed E-state index contributed by atoms with van der Waals surface area (Å²) >= 11 is 0. The number of hydrogen-bond acceptors (Lipinski definition) is 4. The second kappa shape index (κ2) is 6.11. The molecule has 19 heavy (non-hydrogen) atoms. The maximum absolute atomic E-state index is 11.7. The van der Waals surface area contributed by atoms with E-state index in [4.69, 9.17) is 4.74 Å². The molecular weight excluding hydrogens is 266 g/mol. The quantitative estimate of drug-likeness (QED) is 0.864. The highest BCUT2D eigenvalue weighted by Crippen LogP contribution is 2.25. The lowest BCUT2D eigenvalue weighted by atomic mass is 9.87. The zero-order valence-electron chi connectivity index (χ0n) is 12.2. The third-order valence-electron chi connectivity index (χ3n) is 3.04. The Labute approximate surface area is 116 Å². The Balaban J connectivity index is 2.45. The Kier molecular flexibility index (Phi) is 5.24. The van der Waals surface area contributed by atoms with Gasteiger partial charge in [0.15, 0.2) is 0 Å². The van der Waals surface area contributed by atoms with Gasteiger partial charge in [-0.25, -0.2) is 13.2 Å². The Morgan fingerprint density at radius 1 is 1.32 bits per heavy atom. The molecule has 0 aromatic carbocycles. The molecule has 0 heterocycles. The van der Waals surface area contributed by atoms with Gasteiger partial charge in [0, 0.05) is 12.3 Å². The summed E-state index contributed by atoms with van der Waals surface area (Å²) < 4.78 is 27.8. The van der Waals surface area contributed by atoms with E-state index in [2.05, 4.69) is 5.32 Å². The minimum Gasteiger partial charge on any atom is -0.444 e. The minimum absolute atomic E-state index is 0.0235. The number of hydrogen-bond donors (Lipinski definition) is 1. The van der Waals surface area contributed by atoms with Crippen LogP contribution in [0.5, 0.6) is 0 Å². The predicted molar refractivity (Wildman–Crippen MR) is 74.8 cm³/mol. The maximum atomic E-state index is 11.7. The first kappa shape index (κ1) is 16.3. The van der Waals surface area contributed by atoms with Crippen molar-refractivity contribution in [1.29, 1.82) is 0 Å². The van der Waals surface area contributed by atoms with Crippen LogP contribution in [0.4, 0.5) is 4.79 Å². The van der Waals surface area contributed by atoms with Crippen molar-refractivity contribution in [2.45, 2.75) is 58.1 Å². The molecule has 1 aliphatic rings. The summed E-state index contributed by atoms with van der Waals surface area (Å²) in [5, 5.41) is 2.84. The van der Waals surface area contributed by atoms with E-state index >= 15 is 0 Å². The van der Waals surface area contributed by atoms with Gasteiger partial charge in [0.25, 0.3) is 0 Å². The second-order valence-electron chi connectivity index (χ2n) is 6.47. The SMILES string of the molecule is CC(C)(C)OC(=O)NC1CCCC(CS(C)(=O)=O)C1. The molecule has 0 radical (unpaired) electrons. The molecule has 1 aliphatic carbocycles. The van der Waals surface area contributed by atoms with Crippen molar-refractivity contribution in [2.75, 3.05) is 12.0 Å². The van der Waals surface area contributed by atoms with E-state index in [9.17, 15) is 13.2 Å². The van der Waals surface area contributed by atoms with E-state index in [1.807, 2.05) is 20.8 Å².